The molecule has 120 valence electrons. The molecule has 0 aliphatic carbocycles. The average molecular weight is 334 g/mol. The monoisotopic (exact) mass is 333 g/mol. The molecule has 3 nitrogen and oxygen atoms in total. The first-order chi connectivity index (χ1) is 11.1. The lowest BCUT2D eigenvalue weighted by Gasteiger charge is -2.05. The van der Waals surface area contributed by atoms with Crippen molar-refractivity contribution in [3.05, 3.63) is 58.6 Å². The van der Waals surface area contributed by atoms with E-state index >= 15 is 0 Å². The molecular weight excluding hydrogens is 315 g/mol. The number of aryl methyl sites for hydroxylation is 1. The Hall–Kier alpha value is -2.07. The molecule has 0 unspecified atom stereocenters. The van der Waals surface area contributed by atoms with Crippen LogP contribution in [0.4, 0.5) is 4.39 Å². The van der Waals surface area contributed by atoms with E-state index in [9.17, 15) is 4.39 Å². The summed E-state index contributed by atoms with van der Waals surface area (Å²) in [6, 6.07) is 10.7. The minimum Gasteiger partial charge on any atom is -0.497 e. The number of nitrogens with zero attached hydrogens (tertiary/aromatic N) is 2. The molecule has 0 bridgehead atoms. The summed E-state index contributed by atoms with van der Waals surface area (Å²) in [6.45, 7) is 5.34. The third-order valence-corrected chi connectivity index (χ3v) is 4.59. The van der Waals surface area contributed by atoms with E-state index in [1.165, 1.54) is 6.07 Å². The van der Waals surface area contributed by atoms with Crippen LogP contribution >= 0.6 is 11.6 Å². The van der Waals surface area contributed by atoms with Crippen LogP contribution in [0.1, 0.15) is 18.3 Å². The van der Waals surface area contributed by atoms with Gasteiger partial charge in [0, 0.05) is 18.6 Å². The Bertz CT molecular complexity index is 853. The fraction of sp³-hybridized carbons (Fsp3) is 0.278. The summed E-state index contributed by atoms with van der Waals surface area (Å²) < 4.78 is 23.7. The van der Waals surface area contributed by atoms with E-state index in [0.29, 0.717) is 17.1 Å². The Labute approximate surface area is 139 Å². The van der Waals surface area contributed by atoms with Gasteiger partial charge in [0.05, 0.1) is 18.7 Å². The van der Waals surface area contributed by atoms with Gasteiger partial charge < -0.3 is 4.74 Å². The third kappa shape index (κ3) is 2.68. The van der Waals surface area contributed by atoms with E-state index in [2.05, 4.69) is 16.1 Å². The predicted molar refractivity (Wildman–Crippen MR) is 89.6 cm³/mol. The smallest absolute Gasteiger partial charge is 0.254 e. The number of methoxy groups -OCH3 is 1. The summed E-state index contributed by atoms with van der Waals surface area (Å²) in [5, 5.41) is 0.447. The maximum Gasteiger partial charge on any atom is 0.254 e. The van der Waals surface area contributed by atoms with Crippen molar-refractivity contribution in [2.75, 3.05) is 7.11 Å². The molecule has 0 aliphatic rings. The average Bonchev–Trinajstić information content (AvgIpc) is 2.81. The first-order valence-corrected chi connectivity index (χ1v) is 7.94. The lowest BCUT2D eigenvalue weighted by Crippen LogP contribution is -2.37. The summed E-state index contributed by atoms with van der Waals surface area (Å²) >= 11 is 6.19. The van der Waals surface area contributed by atoms with E-state index < -0.39 is 0 Å². The normalized spacial score (nSPS) is 11.2. The highest BCUT2D eigenvalue weighted by Crippen LogP contribution is 2.23. The fourth-order valence-corrected chi connectivity index (χ4v) is 3.23. The lowest BCUT2D eigenvalue weighted by atomic mass is 10.2. The molecule has 0 atom stereocenters. The van der Waals surface area contributed by atoms with Crippen molar-refractivity contribution in [1.29, 1.82) is 0 Å². The Morgan fingerprint density at radius 3 is 2.70 bits per heavy atom. The highest BCUT2D eigenvalue weighted by Gasteiger charge is 2.23. The molecule has 0 fully saturated rings. The molecule has 2 aromatic carbocycles. The zero-order valence-electron chi connectivity index (χ0n) is 13.4. The molecule has 0 aliphatic heterocycles. The van der Waals surface area contributed by atoms with E-state index in [0.717, 1.165) is 29.2 Å². The summed E-state index contributed by atoms with van der Waals surface area (Å²) in [5.41, 5.74) is 2.61. The van der Waals surface area contributed by atoms with Crippen LogP contribution in [-0.2, 0) is 13.1 Å². The standard InChI is InChI=1S/C18H19ClFN2O/c1-4-21-12(2)22(11-14-15(19)6-5-7-16(14)20)17-9-8-13(23-3)10-18(17)21/h5-10H,4,11H2,1-3H3/q+1. The number of rotatable bonds is 4. The minimum absolute atomic E-state index is 0.282. The van der Waals surface area contributed by atoms with Gasteiger partial charge in [-0.3, -0.25) is 0 Å². The summed E-state index contributed by atoms with van der Waals surface area (Å²) in [4.78, 5) is 0. The number of benzene rings is 2. The number of hydrogen-bond donors (Lipinski definition) is 0. The number of ether oxygens (including phenoxy) is 1. The summed E-state index contributed by atoms with van der Waals surface area (Å²) in [7, 11) is 1.65. The van der Waals surface area contributed by atoms with Gasteiger partial charge in [-0.05, 0) is 31.2 Å². The second-order valence-corrected chi connectivity index (χ2v) is 5.84. The van der Waals surface area contributed by atoms with Gasteiger partial charge in [0.15, 0.2) is 11.0 Å². The number of halogens is 2. The van der Waals surface area contributed by atoms with Crippen molar-refractivity contribution in [3.8, 4) is 5.75 Å². The van der Waals surface area contributed by atoms with E-state index in [1.54, 1.807) is 19.2 Å². The summed E-state index contributed by atoms with van der Waals surface area (Å²) in [5.74, 6) is 1.58. The third-order valence-electron chi connectivity index (χ3n) is 4.24. The van der Waals surface area contributed by atoms with Crippen molar-refractivity contribution in [1.82, 2.24) is 4.57 Å². The molecule has 0 amide bonds. The van der Waals surface area contributed by atoms with Crippen molar-refractivity contribution in [2.24, 2.45) is 0 Å². The maximum absolute atomic E-state index is 14.2. The van der Waals surface area contributed by atoms with Crippen LogP contribution in [0.15, 0.2) is 36.4 Å². The van der Waals surface area contributed by atoms with Gasteiger partial charge in [-0.15, -0.1) is 0 Å². The molecule has 5 heteroatoms. The highest BCUT2D eigenvalue weighted by atomic mass is 35.5. The fourth-order valence-electron chi connectivity index (χ4n) is 3.01. The van der Waals surface area contributed by atoms with Gasteiger partial charge in [-0.2, -0.15) is 0 Å². The molecule has 0 N–H and O–H groups in total. The zero-order chi connectivity index (χ0) is 16.6. The lowest BCUT2D eigenvalue weighted by molar-refractivity contribution is -0.669. The molecular formula is C18H19ClFN2O+. The van der Waals surface area contributed by atoms with Gasteiger partial charge in [0.2, 0.25) is 0 Å². The maximum atomic E-state index is 14.2. The van der Waals surface area contributed by atoms with Gasteiger partial charge in [-0.25, -0.2) is 13.5 Å². The van der Waals surface area contributed by atoms with E-state index in [1.807, 2.05) is 25.1 Å². The van der Waals surface area contributed by atoms with Crippen molar-refractivity contribution in [3.63, 3.8) is 0 Å². The molecule has 0 spiro atoms. The van der Waals surface area contributed by atoms with Gasteiger partial charge >= 0.3 is 0 Å². The van der Waals surface area contributed by atoms with Crippen molar-refractivity contribution in [2.45, 2.75) is 26.9 Å². The largest absolute Gasteiger partial charge is 0.497 e. The zero-order valence-corrected chi connectivity index (χ0v) is 14.2. The molecule has 0 saturated heterocycles. The van der Waals surface area contributed by atoms with Crippen LogP contribution < -0.4 is 9.30 Å². The topological polar surface area (TPSA) is 18.0 Å². The molecule has 3 aromatic rings. The number of fused-ring (bicyclic) bond motifs is 1. The molecule has 1 heterocycles. The minimum atomic E-state index is -0.282. The SMILES string of the molecule is CCn1c(C)[n+](Cc2c(F)cccc2Cl)c2ccc(OC)cc21. The second kappa shape index (κ2) is 6.20. The Balaban J connectivity index is 2.20. The van der Waals surface area contributed by atoms with Crippen molar-refractivity contribution >= 4 is 22.6 Å². The van der Waals surface area contributed by atoms with E-state index in [4.69, 9.17) is 16.3 Å². The second-order valence-electron chi connectivity index (χ2n) is 5.43. The van der Waals surface area contributed by atoms with Crippen LogP contribution in [0.25, 0.3) is 11.0 Å². The Morgan fingerprint density at radius 2 is 2.04 bits per heavy atom. The van der Waals surface area contributed by atoms with Crippen LogP contribution in [0.5, 0.6) is 5.75 Å². The highest BCUT2D eigenvalue weighted by molar-refractivity contribution is 6.31. The quantitative estimate of drug-likeness (QED) is 0.657. The predicted octanol–water partition coefficient (Wildman–Crippen LogP) is 4.11. The van der Waals surface area contributed by atoms with Crippen LogP contribution in [-0.4, -0.2) is 11.7 Å². The van der Waals surface area contributed by atoms with Crippen LogP contribution in [0.3, 0.4) is 0 Å². The number of imidazole rings is 1. The Morgan fingerprint density at radius 1 is 1.26 bits per heavy atom. The molecule has 0 saturated carbocycles. The molecule has 1 aromatic heterocycles. The first-order valence-electron chi connectivity index (χ1n) is 7.56. The number of hydrogen-bond acceptors (Lipinski definition) is 1. The first kappa shape index (κ1) is 15.8. The molecule has 0 radical (unpaired) electrons. The van der Waals surface area contributed by atoms with Gasteiger partial charge in [0.25, 0.3) is 5.82 Å². The molecule has 23 heavy (non-hydrogen) atoms. The van der Waals surface area contributed by atoms with Crippen molar-refractivity contribution < 1.29 is 13.7 Å². The van der Waals surface area contributed by atoms with Gasteiger partial charge in [0.1, 0.15) is 18.1 Å². The van der Waals surface area contributed by atoms with Gasteiger partial charge in [-0.1, -0.05) is 17.7 Å². The van der Waals surface area contributed by atoms with E-state index in [-0.39, 0.29) is 5.82 Å². The Kier molecular flexibility index (Phi) is 4.26. The molecule has 3 rings (SSSR count). The number of aromatic nitrogens is 2. The van der Waals surface area contributed by atoms with Crippen LogP contribution in [0.2, 0.25) is 5.02 Å². The van der Waals surface area contributed by atoms with Crippen LogP contribution in [0, 0.1) is 12.7 Å². The summed E-state index contributed by atoms with van der Waals surface area (Å²) in [6.07, 6.45) is 0.